The summed E-state index contributed by atoms with van der Waals surface area (Å²) in [7, 11) is -1.49. The van der Waals surface area contributed by atoms with Crippen LogP contribution in [0.15, 0.2) is 16.3 Å². The predicted octanol–water partition coefficient (Wildman–Crippen LogP) is 2.52. The molecule has 1 aliphatic heterocycles. The highest BCUT2D eigenvalue weighted by molar-refractivity contribution is 7.91. The van der Waals surface area contributed by atoms with Gasteiger partial charge in [-0.1, -0.05) is 13.8 Å². The van der Waals surface area contributed by atoms with Gasteiger partial charge in [0.1, 0.15) is 4.21 Å². The molecular formula is C14H24N2O2S2. The van der Waals surface area contributed by atoms with Crippen LogP contribution in [0.5, 0.6) is 0 Å². The normalized spacial score (nSPS) is 28.7. The zero-order valence-corrected chi connectivity index (χ0v) is 14.2. The lowest BCUT2D eigenvalue weighted by Crippen LogP contribution is -2.48. The number of nitrogens with one attached hydrogen (secondary N) is 1. The molecule has 1 saturated heterocycles. The molecule has 1 fully saturated rings. The third kappa shape index (κ3) is 3.08. The van der Waals surface area contributed by atoms with Crippen LogP contribution < -0.4 is 5.32 Å². The van der Waals surface area contributed by atoms with Crippen LogP contribution in [-0.4, -0.2) is 32.4 Å². The summed E-state index contributed by atoms with van der Waals surface area (Å²) in [6.45, 7) is 7.64. The van der Waals surface area contributed by atoms with Gasteiger partial charge in [0.05, 0.1) is 0 Å². The second kappa shape index (κ2) is 6.13. The van der Waals surface area contributed by atoms with Crippen LogP contribution in [0.4, 0.5) is 0 Å². The minimum atomic E-state index is -3.35. The molecule has 0 aromatic carbocycles. The van der Waals surface area contributed by atoms with Crippen molar-refractivity contribution in [3.63, 3.8) is 0 Å². The zero-order valence-electron chi connectivity index (χ0n) is 12.6. The molecule has 0 bridgehead atoms. The van der Waals surface area contributed by atoms with E-state index in [-0.39, 0.29) is 6.04 Å². The maximum Gasteiger partial charge on any atom is 0.252 e. The standard InChI is InChI=1S/C14H24N2O2S2/c1-10-7-11(2)12(3)16(9-10)20(17,18)14-6-5-13(19-14)8-15-4/h5-6,10-12,15H,7-9H2,1-4H3. The van der Waals surface area contributed by atoms with Crippen molar-refractivity contribution in [2.24, 2.45) is 11.8 Å². The highest BCUT2D eigenvalue weighted by Crippen LogP contribution is 2.33. The van der Waals surface area contributed by atoms with Gasteiger partial charge in [0, 0.05) is 24.0 Å². The Balaban J connectivity index is 2.28. The summed E-state index contributed by atoms with van der Waals surface area (Å²) in [5.41, 5.74) is 0. The summed E-state index contributed by atoms with van der Waals surface area (Å²) < 4.78 is 27.8. The third-order valence-corrected chi connectivity index (χ3v) is 7.60. The molecule has 0 radical (unpaired) electrons. The molecule has 4 nitrogen and oxygen atoms in total. The van der Waals surface area contributed by atoms with E-state index in [2.05, 4.69) is 19.2 Å². The van der Waals surface area contributed by atoms with Crippen molar-refractivity contribution >= 4 is 21.4 Å². The fourth-order valence-corrected chi connectivity index (χ4v) is 6.21. The summed E-state index contributed by atoms with van der Waals surface area (Å²) in [6, 6.07) is 3.71. The Kier molecular flexibility index (Phi) is 4.89. The van der Waals surface area contributed by atoms with Crippen molar-refractivity contribution in [3.8, 4) is 0 Å². The first kappa shape index (κ1) is 15.9. The van der Waals surface area contributed by atoms with Crippen LogP contribution in [0.2, 0.25) is 0 Å². The zero-order chi connectivity index (χ0) is 14.9. The van der Waals surface area contributed by atoms with Gasteiger partial charge in [-0.25, -0.2) is 8.42 Å². The molecule has 1 aromatic rings. The Labute approximate surface area is 126 Å². The average Bonchev–Trinajstić information content (AvgIpc) is 2.83. The van der Waals surface area contributed by atoms with Gasteiger partial charge < -0.3 is 5.32 Å². The van der Waals surface area contributed by atoms with E-state index in [4.69, 9.17) is 0 Å². The molecule has 0 spiro atoms. The molecular weight excluding hydrogens is 292 g/mol. The molecule has 2 heterocycles. The van der Waals surface area contributed by atoms with E-state index in [0.717, 1.165) is 11.3 Å². The molecule has 0 saturated carbocycles. The number of rotatable bonds is 4. The minimum Gasteiger partial charge on any atom is -0.315 e. The Morgan fingerprint density at radius 1 is 1.35 bits per heavy atom. The van der Waals surface area contributed by atoms with Crippen LogP contribution in [0.3, 0.4) is 0 Å². The number of sulfonamides is 1. The number of thiophene rings is 1. The molecule has 1 aliphatic rings. The molecule has 2 rings (SSSR count). The van der Waals surface area contributed by atoms with E-state index < -0.39 is 10.0 Å². The van der Waals surface area contributed by atoms with Gasteiger partial charge in [0.2, 0.25) is 0 Å². The number of nitrogens with zero attached hydrogens (tertiary/aromatic N) is 1. The Morgan fingerprint density at radius 2 is 2.05 bits per heavy atom. The Bertz CT molecular complexity index is 553. The molecule has 0 aliphatic carbocycles. The summed E-state index contributed by atoms with van der Waals surface area (Å²) in [5, 5.41) is 3.05. The molecule has 1 aromatic heterocycles. The fourth-order valence-electron chi connectivity index (χ4n) is 2.86. The van der Waals surface area contributed by atoms with Crippen molar-refractivity contribution in [1.29, 1.82) is 0 Å². The summed E-state index contributed by atoms with van der Waals surface area (Å²) in [5.74, 6) is 0.831. The first-order chi connectivity index (χ1) is 9.36. The molecule has 3 atom stereocenters. The van der Waals surface area contributed by atoms with Crippen LogP contribution in [-0.2, 0) is 16.6 Å². The second-order valence-electron chi connectivity index (χ2n) is 5.88. The van der Waals surface area contributed by atoms with E-state index >= 15 is 0 Å². The summed E-state index contributed by atoms with van der Waals surface area (Å²) >= 11 is 1.37. The van der Waals surface area contributed by atoms with Gasteiger partial charge in [-0.05, 0) is 44.4 Å². The van der Waals surface area contributed by atoms with Gasteiger partial charge in [0.15, 0.2) is 0 Å². The van der Waals surface area contributed by atoms with Gasteiger partial charge in [0.25, 0.3) is 10.0 Å². The van der Waals surface area contributed by atoms with Gasteiger partial charge in [-0.2, -0.15) is 4.31 Å². The second-order valence-corrected chi connectivity index (χ2v) is 9.17. The van der Waals surface area contributed by atoms with E-state index in [0.29, 0.717) is 29.1 Å². The van der Waals surface area contributed by atoms with Gasteiger partial charge >= 0.3 is 0 Å². The van der Waals surface area contributed by atoms with Crippen LogP contribution >= 0.6 is 11.3 Å². The van der Waals surface area contributed by atoms with Gasteiger partial charge in [-0.15, -0.1) is 11.3 Å². The van der Waals surface area contributed by atoms with Crippen LogP contribution in [0.25, 0.3) is 0 Å². The largest absolute Gasteiger partial charge is 0.315 e. The SMILES string of the molecule is CNCc1ccc(S(=O)(=O)N2CC(C)CC(C)C2C)s1. The molecule has 114 valence electrons. The van der Waals surface area contributed by atoms with E-state index in [1.807, 2.05) is 20.0 Å². The monoisotopic (exact) mass is 316 g/mol. The number of piperidine rings is 1. The lowest BCUT2D eigenvalue weighted by molar-refractivity contribution is 0.157. The third-order valence-electron chi connectivity index (χ3n) is 4.09. The maximum absolute atomic E-state index is 12.8. The van der Waals surface area contributed by atoms with Crippen LogP contribution in [0, 0.1) is 11.8 Å². The fraction of sp³-hybridized carbons (Fsp3) is 0.714. The number of hydrogen-bond acceptors (Lipinski definition) is 4. The maximum atomic E-state index is 12.8. The first-order valence-corrected chi connectivity index (χ1v) is 9.37. The molecule has 0 amide bonds. The van der Waals surface area contributed by atoms with Crippen molar-refractivity contribution < 1.29 is 8.42 Å². The smallest absolute Gasteiger partial charge is 0.252 e. The number of hydrogen-bond donors (Lipinski definition) is 1. The molecule has 20 heavy (non-hydrogen) atoms. The molecule has 3 unspecified atom stereocenters. The summed E-state index contributed by atoms with van der Waals surface area (Å²) in [6.07, 6.45) is 1.10. The Morgan fingerprint density at radius 3 is 2.70 bits per heavy atom. The highest BCUT2D eigenvalue weighted by atomic mass is 32.2. The lowest BCUT2D eigenvalue weighted by Gasteiger charge is -2.39. The van der Waals surface area contributed by atoms with E-state index in [1.165, 1.54) is 11.3 Å². The van der Waals surface area contributed by atoms with Crippen molar-refractivity contribution in [2.75, 3.05) is 13.6 Å². The topological polar surface area (TPSA) is 49.4 Å². The van der Waals surface area contributed by atoms with E-state index in [9.17, 15) is 8.42 Å². The Hall–Kier alpha value is -0.430. The van der Waals surface area contributed by atoms with E-state index in [1.54, 1.807) is 10.4 Å². The van der Waals surface area contributed by atoms with Crippen molar-refractivity contribution in [3.05, 3.63) is 17.0 Å². The quantitative estimate of drug-likeness (QED) is 0.928. The first-order valence-electron chi connectivity index (χ1n) is 7.11. The average molecular weight is 316 g/mol. The summed E-state index contributed by atoms with van der Waals surface area (Å²) in [4.78, 5) is 1.05. The lowest BCUT2D eigenvalue weighted by atomic mass is 9.88. The van der Waals surface area contributed by atoms with Crippen LogP contribution in [0.1, 0.15) is 32.1 Å². The highest BCUT2D eigenvalue weighted by Gasteiger charge is 2.37. The van der Waals surface area contributed by atoms with Crippen molar-refractivity contribution in [1.82, 2.24) is 9.62 Å². The van der Waals surface area contributed by atoms with Gasteiger partial charge in [-0.3, -0.25) is 0 Å². The minimum absolute atomic E-state index is 0.0750. The predicted molar refractivity (Wildman–Crippen MR) is 83.4 cm³/mol. The molecule has 6 heteroatoms. The molecule has 1 N–H and O–H groups in total. The van der Waals surface area contributed by atoms with Crippen molar-refractivity contribution in [2.45, 2.75) is 44.0 Å².